The van der Waals surface area contributed by atoms with Crippen LogP contribution in [0.15, 0.2) is 23.1 Å². The van der Waals surface area contributed by atoms with Crippen LogP contribution in [0.3, 0.4) is 0 Å². The second-order valence-corrected chi connectivity index (χ2v) is 10.6. The lowest BCUT2D eigenvalue weighted by atomic mass is 10.00. The van der Waals surface area contributed by atoms with Gasteiger partial charge in [0.15, 0.2) is 0 Å². The first kappa shape index (κ1) is 22.5. The highest BCUT2D eigenvalue weighted by Gasteiger charge is 2.43. The zero-order valence-electron chi connectivity index (χ0n) is 17.4. The van der Waals surface area contributed by atoms with E-state index in [0.29, 0.717) is 24.7 Å². The van der Waals surface area contributed by atoms with E-state index in [1.54, 1.807) is 6.07 Å². The number of sulfonamides is 1. The van der Waals surface area contributed by atoms with Crippen molar-refractivity contribution in [1.82, 2.24) is 14.1 Å². The molecule has 0 N–H and O–H groups in total. The fourth-order valence-electron chi connectivity index (χ4n) is 4.93. The van der Waals surface area contributed by atoms with Crippen LogP contribution in [0.2, 0.25) is 0 Å². The maximum absolute atomic E-state index is 13.2. The van der Waals surface area contributed by atoms with Crippen molar-refractivity contribution in [3.05, 3.63) is 29.3 Å². The molecule has 3 aliphatic heterocycles. The molecule has 2 saturated heterocycles. The van der Waals surface area contributed by atoms with E-state index in [4.69, 9.17) is 0 Å². The molecule has 0 atom stereocenters. The molecule has 0 radical (unpaired) electrons. The van der Waals surface area contributed by atoms with Crippen molar-refractivity contribution in [2.75, 3.05) is 32.7 Å². The number of nitrogens with zero attached hydrogens (tertiary/aromatic N) is 3. The summed E-state index contributed by atoms with van der Waals surface area (Å²) < 4.78 is 66.2. The number of rotatable bonds is 3. The van der Waals surface area contributed by atoms with Gasteiger partial charge >= 0.3 is 12.1 Å². The predicted octanol–water partition coefficient (Wildman–Crippen LogP) is 2.77. The molecule has 0 aromatic heterocycles. The van der Waals surface area contributed by atoms with Gasteiger partial charge in [0.05, 0.1) is 4.90 Å². The van der Waals surface area contributed by atoms with Crippen LogP contribution in [-0.2, 0) is 27.8 Å². The van der Waals surface area contributed by atoms with Crippen molar-refractivity contribution in [2.45, 2.75) is 62.2 Å². The van der Waals surface area contributed by atoms with Gasteiger partial charge < -0.3 is 9.80 Å². The topological polar surface area (TPSA) is 60.9 Å². The molecule has 0 bridgehead atoms. The Kier molecular flexibility index (Phi) is 6.33. The highest BCUT2D eigenvalue weighted by atomic mass is 32.2. The quantitative estimate of drug-likeness (QED) is 0.698. The molecule has 4 rings (SSSR count). The maximum atomic E-state index is 13.2. The molecular weight excluding hydrogens is 431 g/mol. The number of likely N-dealkylation sites (tertiary alicyclic amines) is 1. The second-order valence-electron chi connectivity index (χ2n) is 8.64. The molecule has 31 heavy (non-hydrogen) atoms. The lowest BCUT2D eigenvalue weighted by Crippen LogP contribution is -2.48. The van der Waals surface area contributed by atoms with Gasteiger partial charge in [0.1, 0.15) is 0 Å². The summed E-state index contributed by atoms with van der Waals surface area (Å²) in [6.45, 7) is 2.79. The number of alkyl halides is 3. The summed E-state index contributed by atoms with van der Waals surface area (Å²) in [7, 11) is -3.73. The molecule has 1 aromatic carbocycles. The van der Waals surface area contributed by atoms with E-state index in [1.807, 2.05) is 0 Å². The van der Waals surface area contributed by atoms with Crippen LogP contribution in [0, 0.1) is 0 Å². The Morgan fingerprint density at radius 2 is 1.61 bits per heavy atom. The van der Waals surface area contributed by atoms with E-state index >= 15 is 0 Å². The molecule has 2 fully saturated rings. The van der Waals surface area contributed by atoms with Gasteiger partial charge in [0.25, 0.3) is 0 Å². The van der Waals surface area contributed by atoms with Crippen LogP contribution < -0.4 is 0 Å². The zero-order valence-corrected chi connectivity index (χ0v) is 18.2. The van der Waals surface area contributed by atoms with Gasteiger partial charge in [-0.25, -0.2) is 8.42 Å². The molecule has 10 heteroatoms. The number of hydrogen-bond acceptors (Lipinski definition) is 4. The molecule has 1 amide bonds. The first-order chi connectivity index (χ1) is 14.7. The molecular formula is C21H28F3N3O3S. The van der Waals surface area contributed by atoms with Gasteiger partial charge in [-0.1, -0.05) is 12.5 Å². The monoisotopic (exact) mass is 459 g/mol. The van der Waals surface area contributed by atoms with Gasteiger partial charge in [-0.05, 0) is 68.5 Å². The average molecular weight is 460 g/mol. The van der Waals surface area contributed by atoms with Gasteiger partial charge in [0.2, 0.25) is 10.0 Å². The van der Waals surface area contributed by atoms with Crippen LogP contribution >= 0.6 is 0 Å². The summed E-state index contributed by atoms with van der Waals surface area (Å²) in [5, 5.41) is 0. The molecule has 0 aliphatic carbocycles. The first-order valence-electron chi connectivity index (χ1n) is 10.9. The summed E-state index contributed by atoms with van der Waals surface area (Å²) in [4.78, 5) is 14.9. The van der Waals surface area contributed by atoms with Crippen molar-refractivity contribution in [2.24, 2.45) is 0 Å². The van der Waals surface area contributed by atoms with Gasteiger partial charge in [-0.2, -0.15) is 17.5 Å². The first-order valence-corrected chi connectivity index (χ1v) is 12.3. The van der Waals surface area contributed by atoms with Crippen molar-refractivity contribution in [3.63, 3.8) is 0 Å². The number of amides is 1. The van der Waals surface area contributed by atoms with E-state index in [-0.39, 0.29) is 24.4 Å². The normalized spacial score (nSPS) is 22.4. The third-order valence-corrected chi connectivity index (χ3v) is 8.58. The van der Waals surface area contributed by atoms with Crippen LogP contribution in [-0.4, -0.2) is 73.4 Å². The molecule has 172 valence electrons. The number of carbonyl (C=O) groups is 1. The summed E-state index contributed by atoms with van der Waals surface area (Å²) in [6, 6.07) is 5.05. The average Bonchev–Trinajstić information content (AvgIpc) is 2.78. The maximum Gasteiger partial charge on any atom is 0.471 e. The molecule has 3 heterocycles. The number of piperidine rings is 2. The Morgan fingerprint density at radius 1 is 0.935 bits per heavy atom. The van der Waals surface area contributed by atoms with Crippen molar-refractivity contribution in [1.29, 1.82) is 0 Å². The number of halogens is 3. The molecule has 1 aromatic rings. The number of hydrogen-bond donors (Lipinski definition) is 0. The zero-order chi connectivity index (χ0) is 22.2. The molecule has 3 aliphatic rings. The summed E-state index contributed by atoms with van der Waals surface area (Å²) in [5.41, 5.74) is 1.25. The van der Waals surface area contributed by atoms with Crippen LogP contribution in [0.4, 0.5) is 13.2 Å². The van der Waals surface area contributed by atoms with E-state index < -0.39 is 22.1 Å². The largest absolute Gasteiger partial charge is 0.471 e. The van der Waals surface area contributed by atoms with Crippen molar-refractivity contribution >= 4 is 15.9 Å². The minimum atomic E-state index is -4.93. The summed E-state index contributed by atoms with van der Waals surface area (Å²) in [5.74, 6) is -1.88. The van der Waals surface area contributed by atoms with E-state index in [2.05, 4.69) is 4.90 Å². The van der Waals surface area contributed by atoms with Gasteiger partial charge in [-0.15, -0.1) is 0 Å². The van der Waals surface area contributed by atoms with Crippen LogP contribution in [0.5, 0.6) is 0 Å². The standard InChI is InChI=1S/C21H28F3N3O3S/c22-21(23,24)20(28)26-11-6-16-4-5-19(14-17(16)15-26)31(29,30)27-12-7-18(8-13-27)25-9-2-1-3-10-25/h4-5,14,18H,1-3,6-13,15H2. The molecule has 0 spiro atoms. The predicted molar refractivity (Wildman–Crippen MR) is 109 cm³/mol. The Hall–Kier alpha value is -1.65. The Labute approximate surface area is 181 Å². The lowest BCUT2D eigenvalue weighted by Gasteiger charge is -2.39. The van der Waals surface area contributed by atoms with Crippen LogP contribution in [0.1, 0.15) is 43.2 Å². The van der Waals surface area contributed by atoms with Gasteiger partial charge in [-0.3, -0.25) is 4.79 Å². The van der Waals surface area contributed by atoms with E-state index in [9.17, 15) is 26.4 Å². The summed E-state index contributed by atoms with van der Waals surface area (Å²) >= 11 is 0. The second kappa shape index (κ2) is 8.71. The number of carbonyl (C=O) groups excluding carboxylic acids is 1. The van der Waals surface area contributed by atoms with E-state index in [0.717, 1.165) is 36.4 Å². The molecule has 0 unspecified atom stereocenters. The van der Waals surface area contributed by atoms with Crippen molar-refractivity contribution < 1.29 is 26.4 Å². The van der Waals surface area contributed by atoms with Gasteiger partial charge in [0, 0.05) is 32.2 Å². The highest BCUT2D eigenvalue weighted by molar-refractivity contribution is 7.89. The Morgan fingerprint density at radius 3 is 2.26 bits per heavy atom. The Balaban J connectivity index is 1.45. The third kappa shape index (κ3) is 4.75. The molecule has 0 saturated carbocycles. The molecule has 6 nitrogen and oxygen atoms in total. The number of fused-ring (bicyclic) bond motifs is 1. The fraction of sp³-hybridized carbons (Fsp3) is 0.667. The minimum Gasteiger partial charge on any atom is -0.330 e. The lowest BCUT2D eigenvalue weighted by molar-refractivity contribution is -0.186. The fourth-order valence-corrected chi connectivity index (χ4v) is 6.45. The number of benzene rings is 1. The Bertz CT molecular complexity index is 922. The summed E-state index contributed by atoms with van der Waals surface area (Å²) in [6.07, 6.45) is 0.575. The van der Waals surface area contributed by atoms with E-state index in [1.165, 1.54) is 35.7 Å². The smallest absolute Gasteiger partial charge is 0.330 e. The minimum absolute atomic E-state index is 0.0263. The third-order valence-electron chi connectivity index (χ3n) is 6.69. The van der Waals surface area contributed by atoms with Crippen LogP contribution in [0.25, 0.3) is 0 Å². The SMILES string of the molecule is O=C(N1CCc2ccc(S(=O)(=O)N3CCC(N4CCCCC4)CC3)cc2C1)C(F)(F)F. The highest BCUT2D eigenvalue weighted by Crippen LogP contribution is 2.29. The van der Waals surface area contributed by atoms with Crippen molar-refractivity contribution in [3.8, 4) is 0 Å².